The van der Waals surface area contributed by atoms with Crippen molar-refractivity contribution in [2.24, 2.45) is 0 Å². The highest BCUT2D eigenvalue weighted by Gasteiger charge is 2.33. The van der Waals surface area contributed by atoms with E-state index < -0.39 is 17.9 Å². The number of fused-ring (bicyclic) bond motifs is 1. The number of anilines is 1. The maximum Gasteiger partial charge on any atom is 0.249 e. The van der Waals surface area contributed by atoms with Crippen molar-refractivity contribution in [2.75, 3.05) is 25.2 Å². The molecule has 4 rings (SSSR count). The highest BCUT2D eigenvalue weighted by atomic mass is 16.5. The Hall–Kier alpha value is -4.44. The minimum Gasteiger partial charge on any atom is -0.383 e. The summed E-state index contributed by atoms with van der Waals surface area (Å²) in [7, 11) is 1.54. The fourth-order valence-corrected chi connectivity index (χ4v) is 3.89. The SMILES string of the molecule is COCCNC(=O)[C@@H](c1ccncc1)N(C(=O)Cn1nnc2ccccc21)c1cccc(C(C)=O)c1. The van der Waals surface area contributed by atoms with Gasteiger partial charge in [-0.05, 0) is 48.9 Å². The molecule has 184 valence electrons. The Labute approximate surface area is 207 Å². The van der Waals surface area contributed by atoms with Gasteiger partial charge in [-0.2, -0.15) is 0 Å². The number of para-hydroxylation sites is 1. The maximum atomic E-state index is 13.9. The molecular weight excluding hydrogens is 460 g/mol. The molecule has 4 aromatic rings. The zero-order chi connectivity index (χ0) is 25.5. The summed E-state index contributed by atoms with van der Waals surface area (Å²) in [4.78, 5) is 45.0. The van der Waals surface area contributed by atoms with Crippen molar-refractivity contribution in [3.63, 3.8) is 0 Å². The van der Waals surface area contributed by atoms with Crippen molar-refractivity contribution >= 4 is 34.3 Å². The average Bonchev–Trinajstić information content (AvgIpc) is 3.30. The summed E-state index contributed by atoms with van der Waals surface area (Å²) in [6.07, 6.45) is 3.12. The van der Waals surface area contributed by atoms with Crippen LogP contribution in [0.1, 0.15) is 28.9 Å². The number of hydrogen-bond donors (Lipinski definition) is 1. The number of aromatic nitrogens is 4. The smallest absolute Gasteiger partial charge is 0.249 e. The van der Waals surface area contributed by atoms with E-state index >= 15 is 0 Å². The van der Waals surface area contributed by atoms with Crippen LogP contribution in [0.25, 0.3) is 11.0 Å². The molecule has 36 heavy (non-hydrogen) atoms. The first-order valence-corrected chi connectivity index (χ1v) is 11.4. The molecule has 10 heteroatoms. The molecule has 0 aliphatic heterocycles. The molecule has 2 heterocycles. The molecule has 0 radical (unpaired) electrons. The molecule has 1 atom stereocenters. The first-order chi connectivity index (χ1) is 17.5. The van der Waals surface area contributed by atoms with Crippen LogP contribution in [0.4, 0.5) is 5.69 Å². The van der Waals surface area contributed by atoms with Crippen molar-refractivity contribution in [1.29, 1.82) is 0 Å². The molecule has 0 saturated carbocycles. The van der Waals surface area contributed by atoms with E-state index in [1.54, 1.807) is 54.9 Å². The van der Waals surface area contributed by atoms with Crippen molar-refractivity contribution in [3.8, 4) is 0 Å². The average molecular weight is 487 g/mol. The van der Waals surface area contributed by atoms with Gasteiger partial charge in [0.25, 0.3) is 0 Å². The number of carbonyl (C=O) groups excluding carboxylic acids is 3. The fourth-order valence-electron chi connectivity index (χ4n) is 3.89. The van der Waals surface area contributed by atoms with E-state index in [-0.39, 0.29) is 18.9 Å². The zero-order valence-corrected chi connectivity index (χ0v) is 20.0. The lowest BCUT2D eigenvalue weighted by Crippen LogP contribution is -2.46. The first-order valence-electron chi connectivity index (χ1n) is 11.4. The van der Waals surface area contributed by atoms with Crippen LogP contribution in [0.15, 0.2) is 73.1 Å². The molecule has 1 N–H and O–H groups in total. The third kappa shape index (κ3) is 5.44. The standard InChI is InChI=1S/C26H26N6O4/c1-18(33)20-6-5-7-21(16-20)32(24(34)17-31-23-9-4-3-8-22(23)29-30-31)25(19-10-12-27-13-11-19)26(35)28-14-15-36-2/h3-13,16,25H,14-15,17H2,1-2H3,(H,28,35)/t25-/m1/s1. The van der Waals surface area contributed by atoms with E-state index in [9.17, 15) is 14.4 Å². The number of ketones is 1. The normalized spacial score (nSPS) is 11.7. The number of amides is 2. The van der Waals surface area contributed by atoms with E-state index in [0.29, 0.717) is 34.5 Å². The molecule has 10 nitrogen and oxygen atoms in total. The van der Waals surface area contributed by atoms with Gasteiger partial charge in [0.05, 0.1) is 12.1 Å². The van der Waals surface area contributed by atoms with Gasteiger partial charge >= 0.3 is 0 Å². The van der Waals surface area contributed by atoms with E-state index in [2.05, 4.69) is 20.6 Å². The van der Waals surface area contributed by atoms with Gasteiger partial charge in [-0.1, -0.05) is 29.5 Å². The molecule has 0 aliphatic rings. The Morgan fingerprint density at radius 2 is 1.83 bits per heavy atom. The number of carbonyl (C=O) groups is 3. The van der Waals surface area contributed by atoms with Crippen LogP contribution in [0, 0.1) is 0 Å². The molecule has 0 spiro atoms. The first kappa shape index (κ1) is 24.7. The Bertz CT molecular complexity index is 1370. The maximum absolute atomic E-state index is 13.9. The summed E-state index contributed by atoms with van der Waals surface area (Å²) < 4.78 is 6.55. The van der Waals surface area contributed by atoms with Gasteiger partial charge in [0.2, 0.25) is 11.8 Å². The van der Waals surface area contributed by atoms with Gasteiger partial charge in [-0.15, -0.1) is 5.10 Å². The minimum atomic E-state index is -1.03. The van der Waals surface area contributed by atoms with Gasteiger partial charge < -0.3 is 10.1 Å². The predicted molar refractivity (Wildman–Crippen MR) is 133 cm³/mol. The molecule has 0 saturated heterocycles. The molecule has 0 aliphatic carbocycles. The van der Waals surface area contributed by atoms with E-state index in [1.807, 2.05) is 18.2 Å². The third-order valence-electron chi connectivity index (χ3n) is 5.64. The number of Topliss-reactive ketones (excluding diaryl/α,β-unsaturated/α-hetero) is 1. The molecule has 2 aromatic heterocycles. The van der Waals surface area contributed by atoms with Gasteiger partial charge in [-0.25, -0.2) is 4.68 Å². The number of nitrogens with zero attached hydrogens (tertiary/aromatic N) is 5. The molecule has 0 unspecified atom stereocenters. The summed E-state index contributed by atoms with van der Waals surface area (Å²) in [5, 5.41) is 11.1. The molecule has 2 amide bonds. The summed E-state index contributed by atoms with van der Waals surface area (Å²) in [6.45, 7) is 1.86. The quantitative estimate of drug-likeness (QED) is 0.270. The van der Waals surface area contributed by atoms with Gasteiger partial charge in [-0.3, -0.25) is 24.3 Å². The second-order valence-corrected chi connectivity index (χ2v) is 8.07. The summed E-state index contributed by atoms with van der Waals surface area (Å²) in [5.74, 6) is -0.963. The van der Waals surface area contributed by atoms with Crippen molar-refractivity contribution < 1.29 is 19.1 Å². The second-order valence-electron chi connectivity index (χ2n) is 8.07. The van der Waals surface area contributed by atoms with E-state index in [0.717, 1.165) is 0 Å². The number of hydrogen-bond acceptors (Lipinski definition) is 7. The van der Waals surface area contributed by atoms with Crippen molar-refractivity contribution in [1.82, 2.24) is 25.3 Å². The van der Waals surface area contributed by atoms with Gasteiger partial charge in [0, 0.05) is 37.3 Å². The topological polar surface area (TPSA) is 119 Å². The molecule has 0 bridgehead atoms. The number of nitrogens with one attached hydrogen (secondary N) is 1. The van der Waals surface area contributed by atoms with Crippen LogP contribution in [0.5, 0.6) is 0 Å². The Morgan fingerprint density at radius 1 is 1.06 bits per heavy atom. The van der Waals surface area contributed by atoms with E-state index in [1.165, 1.54) is 23.6 Å². The lowest BCUT2D eigenvalue weighted by molar-refractivity contribution is -0.127. The number of pyridine rings is 1. The number of ether oxygens (including phenoxy) is 1. The summed E-state index contributed by atoms with van der Waals surface area (Å²) in [5.41, 5.74) is 2.72. The largest absolute Gasteiger partial charge is 0.383 e. The van der Waals surface area contributed by atoms with Crippen LogP contribution in [0.2, 0.25) is 0 Å². The van der Waals surface area contributed by atoms with Crippen LogP contribution in [0.3, 0.4) is 0 Å². The van der Waals surface area contributed by atoms with Crippen molar-refractivity contribution in [3.05, 3.63) is 84.2 Å². The van der Waals surface area contributed by atoms with Gasteiger partial charge in [0.15, 0.2) is 5.78 Å². The number of rotatable bonds is 10. The van der Waals surface area contributed by atoms with Crippen LogP contribution < -0.4 is 10.2 Å². The molecular formula is C26H26N6O4. The zero-order valence-electron chi connectivity index (χ0n) is 20.0. The van der Waals surface area contributed by atoms with Gasteiger partial charge in [0.1, 0.15) is 18.1 Å². The molecule has 2 aromatic carbocycles. The number of methoxy groups -OCH3 is 1. The number of benzene rings is 2. The van der Waals surface area contributed by atoms with E-state index in [4.69, 9.17) is 4.74 Å². The van der Waals surface area contributed by atoms with Crippen molar-refractivity contribution in [2.45, 2.75) is 19.5 Å². The van der Waals surface area contributed by atoms with Crippen LogP contribution in [-0.4, -0.2) is 57.8 Å². The lowest BCUT2D eigenvalue weighted by atomic mass is 10.0. The summed E-state index contributed by atoms with van der Waals surface area (Å²) >= 11 is 0. The van der Waals surface area contributed by atoms with Crippen LogP contribution in [-0.2, 0) is 20.9 Å². The monoisotopic (exact) mass is 486 g/mol. The Morgan fingerprint density at radius 3 is 2.58 bits per heavy atom. The lowest BCUT2D eigenvalue weighted by Gasteiger charge is -2.31. The summed E-state index contributed by atoms with van der Waals surface area (Å²) in [6, 6.07) is 16.3. The highest BCUT2D eigenvalue weighted by molar-refractivity contribution is 6.03. The minimum absolute atomic E-state index is 0.156. The Kier molecular flexibility index (Phi) is 7.76. The predicted octanol–water partition coefficient (Wildman–Crippen LogP) is 2.57. The highest BCUT2D eigenvalue weighted by Crippen LogP contribution is 2.29. The van der Waals surface area contributed by atoms with Crippen LogP contribution >= 0.6 is 0 Å². The Balaban J connectivity index is 1.80. The molecule has 0 fully saturated rings. The second kappa shape index (κ2) is 11.3. The third-order valence-corrected chi connectivity index (χ3v) is 5.64. The fraction of sp³-hybridized carbons (Fsp3) is 0.231.